The van der Waals surface area contributed by atoms with Crippen molar-refractivity contribution in [2.24, 2.45) is 7.05 Å². The molecule has 1 aliphatic heterocycles. The van der Waals surface area contributed by atoms with Crippen molar-refractivity contribution in [1.82, 2.24) is 14.8 Å². The van der Waals surface area contributed by atoms with E-state index in [0.717, 1.165) is 18.8 Å². The van der Waals surface area contributed by atoms with Crippen LogP contribution in [0.3, 0.4) is 0 Å². The lowest BCUT2D eigenvalue weighted by Gasteiger charge is -2.35. The third-order valence-corrected chi connectivity index (χ3v) is 5.01. The normalized spacial score (nSPS) is 16.6. The third-order valence-electron chi connectivity index (χ3n) is 4.44. The van der Waals surface area contributed by atoms with Crippen LogP contribution in [0.1, 0.15) is 22.1 Å². The molecule has 0 saturated carbocycles. The van der Waals surface area contributed by atoms with Gasteiger partial charge in [0.2, 0.25) is 0 Å². The Morgan fingerprint density at radius 2 is 2.04 bits per heavy atom. The number of carbonyl (C=O) groups excluding carboxylic acids is 1. The number of hydrogen-bond donors (Lipinski definition) is 1. The highest BCUT2D eigenvalue weighted by Gasteiger charge is 2.25. The lowest BCUT2D eigenvalue weighted by molar-refractivity contribution is 0.0148. The summed E-state index contributed by atoms with van der Waals surface area (Å²) >= 11 is 12.1. The van der Waals surface area contributed by atoms with E-state index in [9.17, 15) is 4.79 Å². The molecule has 0 aliphatic carbocycles. The number of rotatable bonds is 5. The molecular formula is C18H21Cl2N3O2. The fraction of sp³-hybridized carbons (Fsp3) is 0.389. The third kappa shape index (κ3) is 4.36. The molecule has 1 N–H and O–H groups in total. The highest BCUT2D eigenvalue weighted by atomic mass is 35.5. The molecule has 2 aromatic rings. The Balaban J connectivity index is 1.75. The summed E-state index contributed by atoms with van der Waals surface area (Å²) in [5.74, 6) is -0.222. The van der Waals surface area contributed by atoms with E-state index in [2.05, 4.69) is 20.9 Å². The lowest BCUT2D eigenvalue weighted by atomic mass is 10.1. The van der Waals surface area contributed by atoms with Crippen LogP contribution in [0.4, 0.5) is 0 Å². The van der Waals surface area contributed by atoms with E-state index in [1.54, 1.807) is 18.2 Å². The Morgan fingerprint density at radius 3 is 2.72 bits per heavy atom. The second-order valence-electron chi connectivity index (χ2n) is 6.04. The number of nitrogens with one attached hydrogen (secondary N) is 1. The topological polar surface area (TPSA) is 46.5 Å². The van der Waals surface area contributed by atoms with Gasteiger partial charge in [0.15, 0.2) is 0 Å². The number of morpholine rings is 1. The number of halogens is 2. The van der Waals surface area contributed by atoms with Gasteiger partial charge in [-0.15, -0.1) is 0 Å². The van der Waals surface area contributed by atoms with E-state index in [0.29, 0.717) is 35.4 Å². The van der Waals surface area contributed by atoms with Gasteiger partial charge in [0.1, 0.15) is 0 Å². The van der Waals surface area contributed by atoms with Gasteiger partial charge in [0.25, 0.3) is 5.91 Å². The summed E-state index contributed by atoms with van der Waals surface area (Å²) in [6.07, 6.45) is 2.01. The van der Waals surface area contributed by atoms with Crippen molar-refractivity contribution in [3.8, 4) is 0 Å². The highest BCUT2D eigenvalue weighted by Crippen LogP contribution is 2.23. The summed E-state index contributed by atoms with van der Waals surface area (Å²) in [4.78, 5) is 14.9. The predicted octanol–water partition coefficient (Wildman–Crippen LogP) is 3.14. The van der Waals surface area contributed by atoms with Crippen LogP contribution < -0.4 is 5.32 Å². The van der Waals surface area contributed by atoms with Crippen molar-refractivity contribution < 1.29 is 9.53 Å². The molecule has 1 unspecified atom stereocenters. The van der Waals surface area contributed by atoms with Gasteiger partial charge in [-0.05, 0) is 30.3 Å². The van der Waals surface area contributed by atoms with E-state index in [-0.39, 0.29) is 11.9 Å². The molecule has 1 fully saturated rings. The van der Waals surface area contributed by atoms with Gasteiger partial charge < -0.3 is 14.6 Å². The summed E-state index contributed by atoms with van der Waals surface area (Å²) < 4.78 is 7.54. The van der Waals surface area contributed by atoms with Gasteiger partial charge in [-0.1, -0.05) is 23.2 Å². The molecule has 0 bridgehead atoms. The first-order valence-corrected chi connectivity index (χ1v) is 8.98. The first-order chi connectivity index (χ1) is 12.1. The highest BCUT2D eigenvalue weighted by molar-refractivity contribution is 6.35. The maximum atomic E-state index is 12.6. The number of aromatic nitrogens is 1. The number of amides is 1. The Labute approximate surface area is 157 Å². The van der Waals surface area contributed by atoms with Crippen molar-refractivity contribution >= 4 is 29.1 Å². The van der Waals surface area contributed by atoms with Crippen LogP contribution in [0, 0.1) is 0 Å². The van der Waals surface area contributed by atoms with Crippen LogP contribution >= 0.6 is 23.2 Å². The number of ether oxygens (including phenoxy) is 1. The van der Waals surface area contributed by atoms with Crippen molar-refractivity contribution in [1.29, 1.82) is 0 Å². The molecule has 1 aromatic carbocycles. The van der Waals surface area contributed by atoms with Crippen LogP contribution in [0.25, 0.3) is 0 Å². The first-order valence-electron chi connectivity index (χ1n) is 8.22. The monoisotopic (exact) mass is 381 g/mol. The van der Waals surface area contributed by atoms with Gasteiger partial charge in [0, 0.05) is 43.6 Å². The molecule has 3 rings (SSSR count). The summed E-state index contributed by atoms with van der Waals surface area (Å²) in [7, 11) is 2.01. The predicted molar refractivity (Wildman–Crippen MR) is 99.3 cm³/mol. The minimum absolute atomic E-state index is 0.0748. The summed E-state index contributed by atoms with van der Waals surface area (Å²) in [5, 5.41) is 3.88. The molecule has 0 spiro atoms. The van der Waals surface area contributed by atoms with Crippen LogP contribution in [0.15, 0.2) is 36.5 Å². The SMILES string of the molecule is Cn1cccc1C(CNC(=O)c1cc(Cl)ccc1Cl)N1CCOCC1. The van der Waals surface area contributed by atoms with E-state index in [1.165, 1.54) is 0 Å². The van der Waals surface area contributed by atoms with Gasteiger partial charge in [-0.25, -0.2) is 0 Å². The van der Waals surface area contributed by atoms with Crippen LogP contribution in [-0.2, 0) is 11.8 Å². The zero-order valence-electron chi connectivity index (χ0n) is 14.0. The van der Waals surface area contributed by atoms with Crippen molar-refractivity contribution in [2.75, 3.05) is 32.8 Å². The number of benzene rings is 1. The van der Waals surface area contributed by atoms with E-state index < -0.39 is 0 Å². The maximum Gasteiger partial charge on any atom is 0.252 e. The zero-order valence-corrected chi connectivity index (χ0v) is 15.6. The molecule has 134 valence electrons. The van der Waals surface area contributed by atoms with Crippen LogP contribution in [0.5, 0.6) is 0 Å². The Bertz CT molecular complexity index is 742. The minimum atomic E-state index is -0.222. The number of aryl methyl sites for hydroxylation is 1. The quantitative estimate of drug-likeness (QED) is 0.865. The van der Waals surface area contributed by atoms with Crippen molar-refractivity contribution in [3.05, 3.63) is 57.8 Å². The molecule has 1 saturated heterocycles. The average molecular weight is 382 g/mol. The molecule has 1 aromatic heterocycles. The molecule has 7 heteroatoms. The average Bonchev–Trinajstić information content (AvgIpc) is 3.04. The number of nitrogens with zero attached hydrogens (tertiary/aromatic N) is 2. The molecule has 1 aliphatic rings. The fourth-order valence-corrected chi connectivity index (χ4v) is 3.46. The zero-order chi connectivity index (χ0) is 17.8. The van der Waals surface area contributed by atoms with Gasteiger partial charge in [0.05, 0.1) is 29.8 Å². The Hall–Kier alpha value is -1.53. The molecule has 0 radical (unpaired) electrons. The molecule has 1 atom stereocenters. The van der Waals surface area contributed by atoms with E-state index >= 15 is 0 Å². The maximum absolute atomic E-state index is 12.6. The second-order valence-corrected chi connectivity index (χ2v) is 6.89. The first kappa shape index (κ1) is 18.3. The van der Waals surface area contributed by atoms with Crippen LogP contribution in [0.2, 0.25) is 10.0 Å². The van der Waals surface area contributed by atoms with Crippen molar-refractivity contribution in [2.45, 2.75) is 6.04 Å². The number of hydrogen-bond acceptors (Lipinski definition) is 3. The molecule has 1 amide bonds. The van der Waals surface area contributed by atoms with Gasteiger partial charge in [-0.3, -0.25) is 9.69 Å². The second kappa shape index (κ2) is 8.23. The van der Waals surface area contributed by atoms with Gasteiger partial charge in [-0.2, -0.15) is 0 Å². The van der Waals surface area contributed by atoms with E-state index in [4.69, 9.17) is 27.9 Å². The van der Waals surface area contributed by atoms with Crippen molar-refractivity contribution in [3.63, 3.8) is 0 Å². The fourth-order valence-electron chi connectivity index (χ4n) is 3.09. The van der Waals surface area contributed by atoms with Gasteiger partial charge >= 0.3 is 0 Å². The lowest BCUT2D eigenvalue weighted by Crippen LogP contribution is -2.44. The molecular weight excluding hydrogens is 361 g/mol. The summed E-state index contributed by atoms with van der Waals surface area (Å²) in [6.45, 7) is 3.57. The Kier molecular flexibility index (Phi) is 6.02. The number of carbonyl (C=O) groups is 1. The molecule has 2 heterocycles. The molecule has 25 heavy (non-hydrogen) atoms. The van der Waals surface area contributed by atoms with E-state index in [1.807, 2.05) is 19.3 Å². The minimum Gasteiger partial charge on any atom is -0.379 e. The summed E-state index contributed by atoms with van der Waals surface area (Å²) in [5.41, 5.74) is 1.54. The largest absolute Gasteiger partial charge is 0.379 e. The summed E-state index contributed by atoms with van der Waals surface area (Å²) in [6, 6.07) is 9.06. The van der Waals surface area contributed by atoms with Crippen LogP contribution in [-0.4, -0.2) is 48.2 Å². The standard InChI is InChI=1S/C18H21Cl2N3O2/c1-22-6-2-3-16(22)17(23-7-9-25-10-8-23)12-21-18(24)14-11-13(19)4-5-15(14)20/h2-6,11,17H,7-10,12H2,1H3,(H,21,24). The molecule has 5 nitrogen and oxygen atoms in total. The Morgan fingerprint density at radius 1 is 1.28 bits per heavy atom. The smallest absolute Gasteiger partial charge is 0.252 e.